The first kappa shape index (κ1) is 27.8. The average Bonchev–Trinajstić information content (AvgIpc) is 3.89. The fourth-order valence-electron chi connectivity index (χ4n) is 5.77. The van der Waals surface area contributed by atoms with Crippen molar-refractivity contribution in [1.82, 2.24) is 19.9 Å². The molecule has 0 atom stereocenters. The normalized spacial score (nSPS) is 12.0. The molecule has 0 fully saturated rings. The van der Waals surface area contributed by atoms with E-state index in [9.17, 15) is 14.7 Å². The Morgan fingerprint density at radius 1 is 0.578 bits per heavy atom. The first-order valence-electron chi connectivity index (χ1n) is 14.4. The van der Waals surface area contributed by atoms with Crippen molar-refractivity contribution in [3.8, 4) is 22.3 Å². The van der Waals surface area contributed by atoms with Crippen molar-refractivity contribution < 1.29 is 19.4 Å². The molecule has 8 nitrogen and oxygen atoms in total. The van der Waals surface area contributed by atoms with Crippen molar-refractivity contribution in [2.24, 2.45) is 0 Å². The fourth-order valence-corrected chi connectivity index (χ4v) is 5.77. The number of ether oxygens (including phenoxy) is 1. The van der Waals surface area contributed by atoms with E-state index in [1.807, 2.05) is 86.7 Å². The number of hydrogen-bond acceptors (Lipinski definition) is 5. The van der Waals surface area contributed by atoms with Crippen LogP contribution in [-0.2, 0) is 4.74 Å². The number of aromatic carboxylic acids is 1. The maximum Gasteiger partial charge on any atom is 0.337 e. The minimum Gasteiger partial charge on any atom is -0.478 e. The zero-order chi connectivity index (χ0) is 31.2. The molecule has 3 aromatic heterocycles. The maximum absolute atomic E-state index is 12.1. The number of carboxylic acids is 1. The summed E-state index contributed by atoms with van der Waals surface area (Å²) in [7, 11) is 1.37. The fraction of sp³-hybridized carbons (Fsp3) is 0.0811. The van der Waals surface area contributed by atoms with Gasteiger partial charge in [0, 0.05) is 33.2 Å². The van der Waals surface area contributed by atoms with Gasteiger partial charge < -0.3 is 19.8 Å². The van der Waals surface area contributed by atoms with Gasteiger partial charge in [-0.05, 0) is 109 Å². The van der Waals surface area contributed by atoms with Gasteiger partial charge >= 0.3 is 11.9 Å². The zero-order valence-corrected chi connectivity index (χ0v) is 24.8. The Morgan fingerprint density at radius 2 is 0.978 bits per heavy atom. The molecule has 0 saturated carbocycles. The summed E-state index contributed by atoms with van der Waals surface area (Å²) in [4.78, 5) is 40.9. The molecule has 0 spiro atoms. The van der Waals surface area contributed by atoms with Crippen molar-refractivity contribution in [3.05, 3.63) is 118 Å². The Kier molecular flexibility index (Phi) is 6.74. The Balaban J connectivity index is 1.54. The van der Waals surface area contributed by atoms with Crippen molar-refractivity contribution in [3.63, 3.8) is 0 Å². The van der Waals surface area contributed by atoms with Crippen LogP contribution >= 0.6 is 0 Å². The SMILES string of the molecule is COC(=O)c1ccc(-c2c3nc(c(C)c4ccc([nH]4)c(-c4ccc(C(=O)O)cc4)c4nc(c(C)c5ccc2[nH]5)C=C4)C=C3)cc1. The number of esters is 1. The summed E-state index contributed by atoms with van der Waals surface area (Å²) >= 11 is 0. The summed E-state index contributed by atoms with van der Waals surface area (Å²) in [5, 5.41) is 9.44. The van der Waals surface area contributed by atoms with Gasteiger partial charge in [0.2, 0.25) is 0 Å². The molecule has 0 aliphatic carbocycles. The second-order valence-electron chi connectivity index (χ2n) is 11.0. The lowest BCUT2D eigenvalue weighted by molar-refractivity contribution is 0.0599. The number of aromatic amines is 2. The lowest BCUT2D eigenvalue weighted by atomic mass is 10.0. The number of carboxylic acid groups (broad SMARTS) is 1. The van der Waals surface area contributed by atoms with Crippen LogP contribution in [0.2, 0.25) is 0 Å². The van der Waals surface area contributed by atoms with Gasteiger partial charge in [-0.2, -0.15) is 0 Å². The number of carbonyl (C=O) groups excluding carboxylic acids is 1. The number of fused-ring (bicyclic) bond motifs is 8. The Morgan fingerprint density at radius 3 is 1.40 bits per heavy atom. The smallest absolute Gasteiger partial charge is 0.337 e. The lowest BCUT2D eigenvalue weighted by Crippen LogP contribution is -2.00. The van der Waals surface area contributed by atoms with Crippen LogP contribution < -0.4 is 0 Å². The predicted octanol–water partition coefficient (Wildman–Crippen LogP) is 8.09. The summed E-state index contributed by atoms with van der Waals surface area (Å²) in [6, 6.07) is 22.3. The number of hydrogen-bond donors (Lipinski definition) is 3. The van der Waals surface area contributed by atoms with Crippen molar-refractivity contribution in [2.75, 3.05) is 7.11 Å². The van der Waals surface area contributed by atoms with Crippen LogP contribution in [0, 0.1) is 13.8 Å². The van der Waals surface area contributed by atoms with Gasteiger partial charge in [-0.25, -0.2) is 19.6 Å². The quantitative estimate of drug-likeness (QED) is 0.178. The summed E-state index contributed by atoms with van der Waals surface area (Å²) < 4.78 is 4.89. The monoisotopic (exact) mass is 592 g/mol. The molecule has 0 saturated heterocycles. The average molecular weight is 593 g/mol. The third kappa shape index (κ3) is 4.92. The minimum atomic E-state index is -0.971. The van der Waals surface area contributed by atoms with Crippen LogP contribution in [0.3, 0.4) is 0 Å². The maximum atomic E-state index is 12.1. The van der Waals surface area contributed by atoms with E-state index in [0.29, 0.717) is 5.56 Å². The number of aromatic nitrogens is 4. The lowest BCUT2D eigenvalue weighted by Gasteiger charge is -2.06. The Hall–Kier alpha value is -6.02. The summed E-state index contributed by atoms with van der Waals surface area (Å²) in [5.74, 6) is -1.36. The summed E-state index contributed by atoms with van der Waals surface area (Å²) in [6.07, 6.45) is 8.00. The van der Waals surface area contributed by atoms with E-state index >= 15 is 0 Å². The molecule has 0 radical (unpaired) electrons. The van der Waals surface area contributed by atoms with Crippen LogP contribution in [0.4, 0.5) is 0 Å². The molecular weight excluding hydrogens is 564 g/mol. The second kappa shape index (κ2) is 10.9. The van der Waals surface area contributed by atoms with Gasteiger partial charge in [0.15, 0.2) is 0 Å². The van der Waals surface area contributed by atoms with E-state index in [0.717, 1.165) is 78.2 Å². The molecule has 5 heterocycles. The molecule has 5 aromatic rings. The number of rotatable bonds is 4. The van der Waals surface area contributed by atoms with E-state index in [1.54, 1.807) is 24.3 Å². The first-order valence-corrected chi connectivity index (χ1v) is 14.4. The molecule has 0 amide bonds. The van der Waals surface area contributed by atoms with Gasteiger partial charge in [0.05, 0.1) is 41.0 Å². The third-order valence-corrected chi connectivity index (χ3v) is 8.29. The number of nitrogens with one attached hydrogen (secondary N) is 2. The van der Waals surface area contributed by atoms with Crippen molar-refractivity contribution in [2.45, 2.75) is 13.8 Å². The Labute approximate surface area is 258 Å². The van der Waals surface area contributed by atoms with Crippen LogP contribution in [0.15, 0.2) is 72.8 Å². The number of nitrogens with zero attached hydrogens (tertiary/aromatic N) is 2. The van der Waals surface area contributed by atoms with Crippen molar-refractivity contribution in [1.29, 1.82) is 0 Å². The minimum absolute atomic E-state index is 0.223. The molecule has 8 heteroatoms. The molecule has 7 rings (SSSR count). The number of carbonyl (C=O) groups is 2. The highest BCUT2D eigenvalue weighted by atomic mass is 16.5. The van der Waals surface area contributed by atoms with E-state index in [1.165, 1.54) is 7.11 Å². The molecule has 2 aliphatic heterocycles. The summed E-state index contributed by atoms with van der Waals surface area (Å²) in [5.41, 5.74) is 12.9. The van der Waals surface area contributed by atoms with Gasteiger partial charge in [-0.1, -0.05) is 24.3 Å². The molecule has 2 aliphatic rings. The molecule has 8 bridgehead atoms. The van der Waals surface area contributed by atoms with Gasteiger partial charge in [-0.15, -0.1) is 0 Å². The molecule has 0 unspecified atom stereocenters. The standard InChI is InChI=1S/C37H28N4O4/c1-20-26-12-16-30(38-26)34(22-4-8-24(9-5-22)36(42)43)31-17-13-27(39-31)21(2)29-15-19-33(41-29)35(32-18-14-28(20)40-32)23-6-10-25(11-7-23)37(44)45-3/h4-19,38,41H,1-3H3,(H,42,43). The number of aryl methyl sites for hydroxylation is 2. The number of H-pyrrole nitrogens is 2. The van der Waals surface area contributed by atoms with Crippen LogP contribution in [0.5, 0.6) is 0 Å². The molecule has 220 valence electrons. The van der Waals surface area contributed by atoms with Crippen LogP contribution in [0.25, 0.3) is 68.6 Å². The molecule has 2 aromatic carbocycles. The Bertz CT molecular complexity index is 2250. The molecule has 3 N–H and O–H groups in total. The highest BCUT2D eigenvalue weighted by molar-refractivity contribution is 5.96. The van der Waals surface area contributed by atoms with Gasteiger partial charge in [0.1, 0.15) is 0 Å². The van der Waals surface area contributed by atoms with E-state index < -0.39 is 5.97 Å². The number of methoxy groups -OCH3 is 1. The topological polar surface area (TPSA) is 121 Å². The van der Waals surface area contributed by atoms with Crippen molar-refractivity contribution >= 4 is 58.3 Å². The van der Waals surface area contributed by atoms with Crippen LogP contribution in [0.1, 0.15) is 54.6 Å². The van der Waals surface area contributed by atoms with Gasteiger partial charge in [-0.3, -0.25) is 0 Å². The highest BCUT2D eigenvalue weighted by Gasteiger charge is 2.16. The van der Waals surface area contributed by atoms with E-state index in [4.69, 9.17) is 14.7 Å². The first-order chi connectivity index (χ1) is 21.8. The largest absolute Gasteiger partial charge is 0.478 e. The summed E-state index contributed by atoms with van der Waals surface area (Å²) in [6.45, 7) is 4.06. The molecule has 45 heavy (non-hydrogen) atoms. The molecular formula is C37H28N4O4. The van der Waals surface area contributed by atoms with E-state index in [-0.39, 0.29) is 11.5 Å². The second-order valence-corrected chi connectivity index (χ2v) is 11.0. The van der Waals surface area contributed by atoms with Gasteiger partial charge in [0.25, 0.3) is 0 Å². The number of benzene rings is 2. The van der Waals surface area contributed by atoms with E-state index in [2.05, 4.69) is 9.97 Å². The highest BCUT2D eigenvalue weighted by Crippen LogP contribution is 2.34. The zero-order valence-electron chi connectivity index (χ0n) is 24.8. The van der Waals surface area contributed by atoms with Crippen LogP contribution in [-0.4, -0.2) is 44.1 Å². The predicted molar refractivity (Wildman–Crippen MR) is 178 cm³/mol. The third-order valence-electron chi connectivity index (χ3n) is 8.29.